The van der Waals surface area contributed by atoms with E-state index in [0.29, 0.717) is 28.3 Å². The molecule has 158 valence electrons. The number of benzene rings is 1. The van der Waals surface area contributed by atoms with Gasteiger partial charge in [-0.2, -0.15) is 0 Å². The molecule has 1 amide bonds. The maximum absolute atomic E-state index is 12.7. The smallest absolute Gasteiger partial charge is 0.254 e. The lowest BCUT2D eigenvalue weighted by Gasteiger charge is -2.36. The van der Waals surface area contributed by atoms with Crippen molar-refractivity contribution in [1.29, 1.82) is 0 Å². The molecular weight excluding hydrogens is 388 g/mol. The summed E-state index contributed by atoms with van der Waals surface area (Å²) in [5.41, 5.74) is 0.847. The van der Waals surface area contributed by atoms with Gasteiger partial charge in [0, 0.05) is 32.2 Å². The fourth-order valence-electron chi connectivity index (χ4n) is 3.69. The third kappa shape index (κ3) is 6.25. The van der Waals surface area contributed by atoms with Crippen LogP contribution in [0.5, 0.6) is 5.75 Å². The third-order valence-corrected chi connectivity index (χ3v) is 5.32. The van der Waals surface area contributed by atoms with Crippen LogP contribution in [0.25, 0.3) is 0 Å². The van der Waals surface area contributed by atoms with Crippen LogP contribution in [0, 0.1) is 5.41 Å². The zero-order chi connectivity index (χ0) is 21.0. The molecule has 29 heavy (non-hydrogen) atoms. The first-order valence-electron chi connectivity index (χ1n) is 10.2. The SMILES string of the molecule is CN(Cc1ccco1)C(=O)c1ccc(OC2CCN(CC(C)(C)C)CC2)c(Cl)c1. The molecule has 6 heteroatoms. The highest BCUT2D eigenvalue weighted by Crippen LogP contribution is 2.29. The summed E-state index contributed by atoms with van der Waals surface area (Å²) < 4.78 is 11.5. The minimum absolute atomic E-state index is 0.106. The van der Waals surface area contributed by atoms with Crippen molar-refractivity contribution in [2.75, 3.05) is 26.7 Å². The van der Waals surface area contributed by atoms with Crippen molar-refractivity contribution in [1.82, 2.24) is 9.80 Å². The Morgan fingerprint density at radius 2 is 2.00 bits per heavy atom. The summed E-state index contributed by atoms with van der Waals surface area (Å²) in [6.45, 7) is 10.4. The van der Waals surface area contributed by atoms with Crippen LogP contribution in [-0.2, 0) is 6.54 Å². The quantitative estimate of drug-likeness (QED) is 0.655. The van der Waals surface area contributed by atoms with E-state index < -0.39 is 0 Å². The highest BCUT2D eigenvalue weighted by molar-refractivity contribution is 6.32. The third-order valence-electron chi connectivity index (χ3n) is 5.02. The molecule has 0 N–H and O–H groups in total. The fourth-order valence-corrected chi connectivity index (χ4v) is 3.92. The summed E-state index contributed by atoms with van der Waals surface area (Å²) >= 11 is 6.43. The number of halogens is 1. The molecule has 0 spiro atoms. The van der Waals surface area contributed by atoms with Crippen molar-refractivity contribution >= 4 is 17.5 Å². The van der Waals surface area contributed by atoms with E-state index in [1.165, 1.54) is 0 Å². The van der Waals surface area contributed by atoms with Gasteiger partial charge in [0.15, 0.2) is 0 Å². The van der Waals surface area contributed by atoms with Crippen molar-refractivity contribution in [3.05, 3.63) is 52.9 Å². The lowest BCUT2D eigenvalue weighted by Crippen LogP contribution is -2.42. The Bertz CT molecular complexity index is 806. The molecule has 5 nitrogen and oxygen atoms in total. The average molecular weight is 419 g/mol. The summed E-state index contributed by atoms with van der Waals surface area (Å²) in [5, 5.41) is 0.472. The van der Waals surface area contributed by atoms with Gasteiger partial charge < -0.3 is 19.0 Å². The molecule has 0 saturated carbocycles. The zero-order valence-electron chi connectivity index (χ0n) is 17.8. The molecule has 2 heterocycles. The standard InChI is InChI=1S/C23H31ClN2O3/c1-23(2,3)16-26-11-9-18(10-12-26)29-21-8-7-17(14-20(21)24)22(27)25(4)15-19-6-5-13-28-19/h5-8,13-14,18H,9-12,15-16H2,1-4H3. The Hall–Kier alpha value is -1.98. The lowest BCUT2D eigenvalue weighted by atomic mass is 9.94. The molecule has 0 radical (unpaired) electrons. The maximum Gasteiger partial charge on any atom is 0.254 e. The Balaban J connectivity index is 1.55. The van der Waals surface area contributed by atoms with Crippen molar-refractivity contribution in [2.24, 2.45) is 5.41 Å². The van der Waals surface area contributed by atoms with Gasteiger partial charge in [-0.15, -0.1) is 0 Å². The Kier molecular flexibility index (Phi) is 6.91. The van der Waals surface area contributed by atoms with Crippen LogP contribution < -0.4 is 4.74 Å². The second-order valence-corrected chi connectivity index (χ2v) is 9.45. The number of piperidine rings is 1. The summed E-state index contributed by atoms with van der Waals surface area (Å²) in [5.74, 6) is 1.28. The van der Waals surface area contributed by atoms with Gasteiger partial charge in [0.25, 0.3) is 5.91 Å². The van der Waals surface area contributed by atoms with Crippen molar-refractivity contribution in [2.45, 2.75) is 46.3 Å². The molecule has 1 aromatic heterocycles. The Labute approximate surface area is 178 Å². The van der Waals surface area contributed by atoms with E-state index in [0.717, 1.165) is 38.2 Å². The van der Waals surface area contributed by atoms with Crippen LogP contribution in [0.4, 0.5) is 0 Å². The number of nitrogens with zero attached hydrogens (tertiary/aromatic N) is 2. The van der Waals surface area contributed by atoms with Crippen LogP contribution in [0.3, 0.4) is 0 Å². The van der Waals surface area contributed by atoms with Gasteiger partial charge in [0.1, 0.15) is 17.6 Å². The molecule has 0 aliphatic carbocycles. The van der Waals surface area contributed by atoms with Gasteiger partial charge in [-0.1, -0.05) is 32.4 Å². The van der Waals surface area contributed by atoms with Crippen molar-refractivity contribution in [3.63, 3.8) is 0 Å². The number of furan rings is 1. The Morgan fingerprint density at radius 1 is 1.28 bits per heavy atom. The molecule has 0 unspecified atom stereocenters. The average Bonchev–Trinajstić information content (AvgIpc) is 3.16. The molecule has 2 aromatic rings. The normalized spacial score (nSPS) is 16.0. The first kappa shape index (κ1) is 21.7. The number of carbonyl (C=O) groups excluding carboxylic acids is 1. The number of ether oxygens (including phenoxy) is 1. The molecule has 1 aliphatic heterocycles. The second kappa shape index (κ2) is 9.23. The van der Waals surface area contributed by atoms with E-state index in [4.69, 9.17) is 20.8 Å². The van der Waals surface area contributed by atoms with Crippen molar-refractivity contribution < 1.29 is 13.9 Å². The zero-order valence-corrected chi connectivity index (χ0v) is 18.5. The van der Waals surface area contributed by atoms with E-state index in [1.54, 1.807) is 36.4 Å². The number of hydrogen-bond donors (Lipinski definition) is 0. The Morgan fingerprint density at radius 3 is 2.59 bits per heavy atom. The predicted molar refractivity (Wildman–Crippen MR) is 116 cm³/mol. The first-order valence-corrected chi connectivity index (χ1v) is 10.6. The second-order valence-electron chi connectivity index (χ2n) is 9.04. The van der Waals surface area contributed by atoms with Gasteiger partial charge in [0.2, 0.25) is 0 Å². The number of carbonyl (C=O) groups is 1. The molecule has 1 saturated heterocycles. The highest BCUT2D eigenvalue weighted by atomic mass is 35.5. The number of likely N-dealkylation sites (tertiary alicyclic amines) is 1. The maximum atomic E-state index is 12.7. The molecule has 1 aromatic carbocycles. The molecule has 0 bridgehead atoms. The predicted octanol–water partition coefficient (Wildman–Crippen LogP) is 5.09. The summed E-state index contributed by atoms with van der Waals surface area (Å²) in [6, 6.07) is 8.92. The van der Waals surface area contributed by atoms with E-state index >= 15 is 0 Å². The van der Waals surface area contributed by atoms with E-state index in [2.05, 4.69) is 25.7 Å². The topological polar surface area (TPSA) is 45.9 Å². The van der Waals surface area contributed by atoms with Gasteiger partial charge in [-0.3, -0.25) is 4.79 Å². The minimum atomic E-state index is -0.106. The first-order chi connectivity index (χ1) is 13.7. The molecule has 3 rings (SSSR count). The number of rotatable bonds is 6. The molecular formula is C23H31ClN2O3. The van der Waals surface area contributed by atoms with E-state index in [1.807, 2.05) is 12.1 Å². The van der Waals surface area contributed by atoms with E-state index in [-0.39, 0.29) is 12.0 Å². The summed E-state index contributed by atoms with van der Waals surface area (Å²) in [6.07, 6.45) is 3.73. The van der Waals surface area contributed by atoms with Crippen molar-refractivity contribution in [3.8, 4) is 5.75 Å². The molecule has 0 atom stereocenters. The number of hydrogen-bond acceptors (Lipinski definition) is 4. The van der Waals surface area contributed by atoms with Gasteiger partial charge in [-0.05, 0) is 48.6 Å². The highest BCUT2D eigenvalue weighted by Gasteiger charge is 2.24. The van der Waals surface area contributed by atoms with Gasteiger partial charge in [0.05, 0.1) is 17.8 Å². The molecule has 1 aliphatic rings. The fraction of sp³-hybridized carbons (Fsp3) is 0.522. The monoisotopic (exact) mass is 418 g/mol. The number of amides is 1. The minimum Gasteiger partial charge on any atom is -0.489 e. The van der Waals surface area contributed by atoms with E-state index in [9.17, 15) is 4.79 Å². The summed E-state index contributed by atoms with van der Waals surface area (Å²) in [7, 11) is 1.74. The van der Waals surface area contributed by atoms with Gasteiger partial charge >= 0.3 is 0 Å². The van der Waals surface area contributed by atoms with Crippen LogP contribution in [0.1, 0.15) is 49.7 Å². The van der Waals surface area contributed by atoms with Crippen LogP contribution in [-0.4, -0.2) is 48.5 Å². The van der Waals surface area contributed by atoms with Crippen LogP contribution in [0.15, 0.2) is 41.0 Å². The molecule has 1 fully saturated rings. The van der Waals surface area contributed by atoms with Crippen LogP contribution >= 0.6 is 11.6 Å². The van der Waals surface area contributed by atoms with Gasteiger partial charge in [-0.25, -0.2) is 0 Å². The summed E-state index contributed by atoms with van der Waals surface area (Å²) in [4.78, 5) is 16.8. The largest absolute Gasteiger partial charge is 0.489 e. The van der Waals surface area contributed by atoms with Crippen LogP contribution in [0.2, 0.25) is 5.02 Å². The lowest BCUT2D eigenvalue weighted by molar-refractivity contribution is 0.0773.